The quantitative estimate of drug-likeness (QED) is 0.526. The largest absolute Gasteiger partial charge is 0.494 e. The van der Waals surface area contributed by atoms with E-state index in [0.29, 0.717) is 17.9 Å². The smallest absolute Gasteiger partial charge is 0.337 e. The van der Waals surface area contributed by atoms with Crippen molar-refractivity contribution in [3.05, 3.63) is 58.7 Å². The Kier molecular flexibility index (Phi) is 6.05. The average molecular weight is 537 g/mol. The first-order chi connectivity index (χ1) is 18.0. The van der Waals surface area contributed by atoms with Crippen molar-refractivity contribution in [3.63, 3.8) is 0 Å². The highest BCUT2D eigenvalue weighted by Gasteiger charge is 2.64. The van der Waals surface area contributed by atoms with Gasteiger partial charge in [-0.1, -0.05) is 6.08 Å². The highest BCUT2D eigenvalue weighted by atomic mass is 32.2. The number of hydrogen-bond acceptors (Lipinski definition) is 8. The Hall–Kier alpha value is -3.79. The highest BCUT2D eigenvalue weighted by molar-refractivity contribution is 8.02. The minimum atomic E-state index is -1.47. The van der Waals surface area contributed by atoms with Gasteiger partial charge in [0.25, 0.3) is 5.91 Å². The molecule has 10 heteroatoms. The van der Waals surface area contributed by atoms with Crippen molar-refractivity contribution in [2.75, 3.05) is 36.4 Å². The number of hydrogen-bond donors (Lipinski definition) is 0. The molecule has 1 fully saturated rings. The van der Waals surface area contributed by atoms with Crippen LogP contribution in [0.15, 0.2) is 36.4 Å². The molecule has 2 aromatic carbocycles. The third-order valence-electron chi connectivity index (χ3n) is 7.03. The number of carbonyl (C=O) groups is 4. The number of nitrogens with zero attached hydrogens (tertiary/aromatic N) is 2. The molecule has 0 saturated carbocycles. The molecule has 5 rings (SSSR count). The molecule has 3 aliphatic heterocycles. The van der Waals surface area contributed by atoms with Crippen molar-refractivity contribution in [2.24, 2.45) is 0 Å². The first-order valence-electron chi connectivity index (χ1n) is 12.1. The van der Waals surface area contributed by atoms with Crippen LogP contribution in [0, 0.1) is 0 Å². The summed E-state index contributed by atoms with van der Waals surface area (Å²) in [4.78, 5) is 54.8. The maximum absolute atomic E-state index is 14.5. The predicted molar refractivity (Wildman–Crippen MR) is 144 cm³/mol. The van der Waals surface area contributed by atoms with E-state index in [4.69, 9.17) is 14.2 Å². The van der Waals surface area contributed by atoms with Crippen molar-refractivity contribution in [3.8, 4) is 5.75 Å². The SMILES string of the molecule is CCOc1cc2c3c(c1)[C@@]1(SCC(=O)N1c1cc(C(=O)OC)cc(C(=O)OC)c1)C(=O)N3C(C)(C)C=C2C. The molecule has 0 radical (unpaired) electrons. The number of esters is 2. The molecule has 2 amide bonds. The van der Waals surface area contributed by atoms with Gasteiger partial charge in [0, 0.05) is 16.8 Å². The Morgan fingerprint density at radius 2 is 1.61 bits per heavy atom. The third kappa shape index (κ3) is 3.53. The van der Waals surface area contributed by atoms with E-state index in [1.165, 1.54) is 49.1 Å². The van der Waals surface area contributed by atoms with Crippen molar-refractivity contribution in [1.82, 2.24) is 0 Å². The van der Waals surface area contributed by atoms with Crippen LogP contribution < -0.4 is 14.5 Å². The van der Waals surface area contributed by atoms with Crippen LogP contribution in [0.1, 0.15) is 59.5 Å². The van der Waals surface area contributed by atoms with Crippen LogP contribution in [0.4, 0.5) is 11.4 Å². The summed E-state index contributed by atoms with van der Waals surface area (Å²) in [6, 6.07) is 8.00. The zero-order valence-electron chi connectivity index (χ0n) is 22.0. The van der Waals surface area contributed by atoms with E-state index < -0.39 is 22.3 Å². The van der Waals surface area contributed by atoms with Gasteiger partial charge in [-0.25, -0.2) is 9.59 Å². The Labute approximate surface area is 224 Å². The highest BCUT2D eigenvalue weighted by Crippen LogP contribution is 2.61. The van der Waals surface area contributed by atoms with Gasteiger partial charge in [0.2, 0.25) is 10.8 Å². The first kappa shape index (κ1) is 25.8. The summed E-state index contributed by atoms with van der Waals surface area (Å²) in [5, 5.41) is 0. The van der Waals surface area contributed by atoms with Crippen LogP contribution in [0.25, 0.3) is 5.57 Å². The second-order valence-corrected chi connectivity index (χ2v) is 11.0. The predicted octanol–water partition coefficient (Wildman–Crippen LogP) is 4.13. The van der Waals surface area contributed by atoms with Crippen LogP contribution in [-0.2, 0) is 23.9 Å². The fourth-order valence-electron chi connectivity index (χ4n) is 5.61. The molecule has 0 bridgehead atoms. The molecule has 2 aromatic rings. The van der Waals surface area contributed by atoms with Gasteiger partial charge < -0.3 is 14.2 Å². The minimum Gasteiger partial charge on any atom is -0.494 e. The molecule has 198 valence electrons. The molecule has 1 atom stereocenters. The van der Waals surface area contributed by atoms with Crippen LogP contribution in [0.5, 0.6) is 5.75 Å². The van der Waals surface area contributed by atoms with Crippen LogP contribution in [0.2, 0.25) is 0 Å². The van der Waals surface area contributed by atoms with Crippen LogP contribution in [-0.4, -0.2) is 55.9 Å². The Bertz CT molecular complexity index is 1410. The van der Waals surface area contributed by atoms with Gasteiger partial charge in [0.15, 0.2) is 0 Å². The van der Waals surface area contributed by atoms with Gasteiger partial charge in [-0.2, -0.15) is 0 Å². The maximum Gasteiger partial charge on any atom is 0.337 e. The van der Waals surface area contributed by atoms with E-state index in [9.17, 15) is 19.2 Å². The lowest BCUT2D eigenvalue weighted by Gasteiger charge is -2.40. The number of benzene rings is 2. The molecule has 0 aromatic heterocycles. The molecule has 38 heavy (non-hydrogen) atoms. The van der Waals surface area contributed by atoms with Gasteiger partial charge in [-0.05, 0) is 63.6 Å². The monoisotopic (exact) mass is 536 g/mol. The topological polar surface area (TPSA) is 102 Å². The summed E-state index contributed by atoms with van der Waals surface area (Å²) in [5.41, 5.74) is 2.87. The molecule has 9 nitrogen and oxygen atoms in total. The Balaban J connectivity index is 1.80. The second-order valence-electron chi connectivity index (χ2n) is 9.84. The maximum atomic E-state index is 14.5. The summed E-state index contributed by atoms with van der Waals surface area (Å²) in [5.74, 6) is -1.39. The standard InChI is InChI=1S/C28H28N2O7S/c1-7-37-19-11-20-15(2)13-27(3,4)30-23(20)21(12-19)28(26(30)34)29(22(31)14-38-28)18-9-16(24(32)35-5)8-17(10-18)25(33)36-6/h8-13H,7,14H2,1-6H3/t28-/m1/s1. The zero-order chi connectivity index (χ0) is 27.6. The average Bonchev–Trinajstić information content (AvgIpc) is 3.36. The fourth-order valence-corrected chi connectivity index (χ4v) is 6.94. The Morgan fingerprint density at radius 3 is 2.18 bits per heavy atom. The summed E-state index contributed by atoms with van der Waals surface area (Å²) in [7, 11) is 2.45. The lowest BCUT2D eigenvalue weighted by atomic mass is 9.89. The summed E-state index contributed by atoms with van der Waals surface area (Å²) < 4.78 is 15.6. The number of methoxy groups -OCH3 is 2. The number of anilines is 2. The Morgan fingerprint density at radius 1 is 0.974 bits per heavy atom. The summed E-state index contributed by atoms with van der Waals surface area (Å²) in [6.07, 6.45) is 2.03. The van der Waals surface area contributed by atoms with Crippen LogP contribution in [0.3, 0.4) is 0 Å². The molecule has 1 saturated heterocycles. The lowest BCUT2D eigenvalue weighted by molar-refractivity contribution is -0.124. The molecular formula is C28H28N2O7S. The normalized spacial score (nSPS) is 20.9. The van der Waals surface area contributed by atoms with Gasteiger partial charge in [0.05, 0.1) is 48.9 Å². The van der Waals surface area contributed by atoms with Crippen LogP contribution >= 0.6 is 11.8 Å². The molecule has 0 unspecified atom stereocenters. The number of amides is 2. The number of carbonyl (C=O) groups excluding carboxylic acids is 4. The summed E-state index contributed by atoms with van der Waals surface area (Å²) in [6.45, 7) is 8.21. The van der Waals surface area contributed by atoms with E-state index in [1.807, 2.05) is 45.9 Å². The van der Waals surface area contributed by atoms with Gasteiger partial charge in [-0.3, -0.25) is 19.4 Å². The van der Waals surface area contributed by atoms with Crippen molar-refractivity contribution >= 4 is 52.5 Å². The second kappa shape index (κ2) is 8.90. The van der Waals surface area contributed by atoms with E-state index in [2.05, 4.69) is 0 Å². The van der Waals surface area contributed by atoms with E-state index in [1.54, 1.807) is 4.90 Å². The van der Waals surface area contributed by atoms with Gasteiger partial charge in [-0.15, -0.1) is 11.8 Å². The molecule has 3 heterocycles. The van der Waals surface area contributed by atoms with Crippen molar-refractivity contribution in [2.45, 2.75) is 38.1 Å². The number of fused-ring (bicyclic) bond motifs is 1. The van der Waals surface area contributed by atoms with Gasteiger partial charge in [0.1, 0.15) is 5.75 Å². The van der Waals surface area contributed by atoms with E-state index in [-0.39, 0.29) is 34.4 Å². The van der Waals surface area contributed by atoms with Gasteiger partial charge >= 0.3 is 11.9 Å². The van der Waals surface area contributed by atoms with E-state index in [0.717, 1.165) is 16.8 Å². The fraction of sp³-hybridized carbons (Fsp3) is 0.357. The number of ether oxygens (including phenoxy) is 3. The van der Waals surface area contributed by atoms with Crippen molar-refractivity contribution in [1.29, 1.82) is 0 Å². The minimum absolute atomic E-state index is 0.0239. The molecule has 0 N–H and O–H groups in total. The molecule has 3 aliphatic rings. The number of rotatable bonds is 5. The first-order valence-corrected chi connectivity index (χ1v) is 13.1. The number of allylic oxidation sites excluding steroid dienone is 1. The zero-order valence-corrected chi connectivity index (χ0v) is 22.9. The lowest BCUT2D eigenvalue weighted by Crippen LogP contribution is -2.55. The number of thioether (sulfide) groups is 1. The summed E-state index contributed by atoms with van der Waals surface area (Å²) >= 11 is 1.21. The molecular weight excluding hydrogens is 508 g/mol. The molecule has 0 aliphatic carbocycles. The van der Waals surface area contributed by atoms with E-state index >= 15 is 0 Å². The molecule has 1 spiro atoms. The van der Waals surface area contributed by atoms with Crippen molar-refractivity contribution < 1.29 is 33.4 Å². The third-order valence-corrected chi connectivity index (χ3v) is 8.42.